The van der Waals surface area contributed by atoms with E-state index >= 15 is 0 Å². The van der Waals surface area contributed by atoms with Crippen LogP contribution in [-0.2, 0) is 6.18 Å². The van der Waals surface area contributed by atoms with E-state index in [1.165, 1.54) is 17.0 Å². The van der Waals surface area contributed by atoms with Gasteiger partial charge in [0.25, 0.3) is 0 Å². The van der Waals surface area contributed by atoms with Crippen LogP contribution in [-0.4, -0.2) is 6.21 Å². The quantitative estimate of drug-likeness (QED) is 0.650. The van der Waals surface area contributed by atoms with Crippen molar-refractivity contribution in [1.29, 1.82) is 0 Å². The summed E-state index contributed by atoms with van der Waals surface area (Å²) in [6.07, 6.45) is -2.67. The van der Waals surface area contributed by atoms with Gasteiger partial charge in [0.2, 0.25) is 0 Å². The van der Waals surface area contributed by atoms with E-state index in [1.807, 2.05) is 19.1 Å². The molecule has 0 aliphatic heterocycles. The maximum Gasteiger partial charge on any atom is 0.416 e. The zero-order valence-corrected chi connectivity index (χ0v) is 10.8. The number of anilines is 1. The summed E-state index contributed by atoms with van der Waals surface area (Å²) in [4.78, 5) is 2.16. The van der Waals surface area contributed by atoms with Crippen molar-refractivity contribution in [2.45, 2.75) is 13.1 Å². The molecule has 0 unspecified atom stereocenters. The predicted octanol–water partition coefficient (Wildman–Crippen LogP) is 4.52. The molecule has 1 N–H and O–H groups in total. The van der Waals surface area contributed by atoms with Crippen molar-refractivity contribution in [1.82, 2.24) is 0 Å². The Morgan fingerprint density at radius 2 is 1.79 bits per heavy atom. The molecular formula is C13H11F3N2S. The third-order valence-corrected chi connectivity index (χ3v) is 3.29. The smallest absolute Gasteiger partial charge is 0.278 e. The van der Waals surface area contributed by atoms with Gasteiger partial charge in [-0.2, -0.15) is 18.3 Å². The molecule has 100 valence electrons. The van der Waals surface area contributed by atoms with E-state index in [0.29, 0.717) is 5.69 Å². The molecule has 0 bridgehead atoms. The number of thiophene rings is 1. The fraction of sp³-hybridized carbons (Fsp3) is 0.154. The van der Waals surface area contributed by atoms with Gasteiger partial charge in [0.05, 0.1) is 17.5 Å². The number of rotatable bonds is 3. The molecule has 2 rings (SSSR count). The van der Waals surface area contributed by atoms with Crippen LogP contribution < -0.4 is 5.43 Å². The summed E-state index contributed by atoms with van der Waals surface area (Å²) in [7, 11) is 0. The summed E-state index contributed by atoms with van der Waals surface area (Å²) in [5.41, 5.74) is 2.53. The molecule has 0 aliphatic carbocycles. The number of alkyl halides is 3. The molecule has 0 spiro atoms. The molecule has 1 aromatic heterocycles. The van der Waals surface area contributed by atoms with Gasteiger partial charge >= 0.3 is 6.18 Å². The largest absolute Gasteiger partial charge is 0.416 e. The van der Waals surface area contributed by atoms with Crippen LogP contribution in [0.1, 0.15) is 15.3 Å². The third kappa shape index (κ3) is 3.82. The maximum absolute atomic E-state index is 12.3. The Morgan fingerprint density at radius 3 is 2.32 bits per heavy atom. The minimum atomic E-state index is -4.31. The Labute approximate surface area is 112 Å². The average molecular weight is 284 g/mol. The minimum Gasteiger partial charge on any atom is -0.278 e. The van der Waals surface area contributed by atoms with E-state index in [0.717, 1.165) is 17.0 Å². The van der Waals surface area contributed by atoms with Crippen molar-refractivity contribution >= 4 is 23.2 Å². The first-order valence-electron chi connectivity index (χ1n) is 5.48. The van der Waals surface area contributed by atoms with Crippen LogP contribution in [0.5, 0.6) is 0 Å². The summed E-state index contributed by atoms with van der Waals surface area (Å²) < 4.78 is 37.0. The Kier molecular flexibility index (Phi) is 3.90. The van der Waals surface area contributed by atoms with Crippen LogP contribution in [0.4, 0.5) is 18.9 Å². The third-order valence-electron chi connectivity index (χ3n) is 2.36. The zero-order chi connectivity index (χ0) is 13.9. The number of nitrogens with zero attached hydrogens (tertiary/aromatic N) is 1. The van der Waals surface area contributed by atoms with Crippen LogP contribution in [0.3, 0.4) is 0 Å². The summed E-state index contributed by atoms with van der Waals surface area (Å²) in [5, 5.41) is 3.97. The molecule has 0 amide bonds. The molecule has 2 aromatic rings. The summed E-state index contributed by atoms with van der Waals surface area (Å²) in [5.74, 6) is 0. The first-order valence-corrected chi connectivity index (χ1v) is 6.29. The van der Waals surface area contributed by atoms with E-state index in [-0.39, 0.29) is 0 Å². The van der Waals surface area contributed by atoms with Gasteiger partial charge in [-0.15, -0.1) is 11.3 Å². The van der Waals surface area contributed by atoms with E-state index in [4.69, 9.17) is 0 Å². The first kappa shape index (κ1) is 13.6. The van der Waals surface area contributed by atoms with E-state index < -0.39 is 11.7 Å². The minimum absolute atomic E-state index is 0.512. The molecule has 0 atom stereocenters. The van der Waals surface area contributed by atoms with Crippen LogP contribution in [0.15, 0.2) is 41.5 Å². The molecule has 0 fully saturated rings. The number of hydrogen-bond donors (Lipinski definition) is 1. The highest BCUT2D eigenvalue weighted by atomic mass is 32.1. The monoisotopic (exact) mass is 284 g/mol. The summed E-state index contributed by atoms with van der Waals surface area (Å²) in [6, 6.07) is 8.64. The maximum atomic E-state index is 12.3. The van der Waals surface area contributed by atoms with Gasteiger partial charge in [0, 0.05) is 9.75 Å². The second kappa shape index (κ2) is 5.44. The molecule has 19 heavy (non-hydrogen) atoms. The molecule has 0 saturated carbocycles. The molecule has 2 nitrogen and oxygen atoms in total. The lowest BCUT2D eigenvalue weighted by Gasteiger charge is -2.06. The summed E-state index contributed by atoms with van der Waals surface area (Å²) in [6.45, 7) is 1.99. The molecule has 6 heteroatoms. The van der Waals surface area contributed by atoms with Gasteiger partial charge in [0.1, 0.15) is 0 Å². The summed E-state index contributed by atoms with van der Waals surface area (Å²) >= 11 is 1.59. The van der Waals surface area contributed by atoms with E-state index in [9.17, 15) is 13.2 Å². The van der Waals surface area contributed by atoms with Gasteiger partial charge < -0.3 is 0 Å². The molecule has 0 radical (unpaired) electrons. The normalized spacial score (nSPS) is 12.0. The van der Waals surface area contributed by atoms with Crippen molar-refractivity contribution < 1.29 is 13.2 Å². The molecular weight excluding hydrogens is 273 g/mol. The van der Waals surface area contributed by atoms with Crippen LogP contribution in [0.2, 0.25) is 0 Å². The number of benzene rings is 1. The standard InChI is InChI=1S/C13H11F3N2S/c1-9-2-7-12(19-9)8-17-18-11-5-3-10(4-6-11)13(14,15)16/h2-8,18H,1H3/b17-8-. The SMILES string of the molecule is Cc1ccc(/C=N\Nc2ccc(C(F)(F)F)cc2)s1. The van der Waals surface area contributed by atoms with Crippen molar-refractivity contribution in [2.24, 2.45) is 5.10 Å². The number of halogens is 3. The van der Waals surface area contributed by atoms with Crippen LogP contribution >= 0.6 is 11.3 Å². The van der Waals surface area contributed by atoms with Gasteiger partial charge in [-0.3, -0.25) is 5.43 Å². The fourth-order valence-corrected chi connectivity index (χ4v) is 2.18. The molecule has 1 heterocycles. The Bertz CT molecular complexity index is 570. The molecule has 0 saturated heterocycles. The number of aryl methyl sites for hydroxylation is 1. The lowest BCUT2D eigenvalue weighted by atomic mass is 10.2. The predicted molar refractivity (Wildman–Crippen MR) is 71.7 cm³/mol. The lowest BCUT2D eigenvalue weighted by Crippen LogP contribution is -2.04. The topological polar surface area (TPSA) is 24.4 Å². The van der Waals surface area contributed by atoms with Gasteiger partial charge in [-0.1, -0.05) is 0 Å². The Morgan fingerprint density at radius 1 is 1.11 bits per heavy atom. The lowest BCUT2D eigenvalue weighted by molar-refractivity contribution is -0.137. The van der Waals surface area contributed by atoms with Gasteiger partial charge in [-0.05, 0) is 43.3 Å². The van der Waals surface area contributed by atoms with Crippen molar-refractivity contribution in [3.8, 4) is 0 Å². The van der Waals surface area contributed by atoms with Gasteiger partial charge in [0.15, 0.2) is 0 Å². The van der Waals surface area contributed by atoms with Gasteiger partial charge in [-0.25, -0.2) is 0 Å². The first-order chi connectivity index (χ1) is 8.95. The number of hydrogen-bond acceptors (Lipinski definition) is 3. The van der Waals surface area contributed by atoms with Crippen molar-refractivity contribution in [3.05, 3.63) is 51.7 Å². The fourth-order valence-electron chi connectivity index (χ4n) is 1.43. The Hall–Kier alpha value is -1.82. The van der Waals surface area contributed by atoms with E-state index in [1.54, 1.807) is 17.6 Å². The average Bonchev–Trinajstić information content (AvgIpc) is 2.75. The zero-order valence-electron chi connectivity index (χ0n) is 10.0. The second-order valence-electron chi connectivity index (χ2n) is 3.89. The van der Waals surface area contributed by atoms with Crippen LogP contribution in [0.25, 0.3) is 0 Å². The Balaban J connectivity index is 1.98. The highest BCUT2D eigenvalue weighted by molar-refractivity contribution is 7.13. The van der Waals surface area contributed by atoms with E-state index in [2.05, 4.69) is 10.5 Å². The highest BCUT2D eigenvalue weighted by Gasteiger charge is 2.29. The van der Waals surface area contributed by atoms with Crippen molar-refractivity contribution in [3.63, 3.8) is 0 Å². The number of nitrogens with one attached hydrogen (secondary N) is 1. The molecule has 1 aromatic carbocycles. The second-order valence-corrected chi connectivity index (χ2v) is 5.21. The number of hydrazone groups is 1. The van der Waals surface area contributed by atoms with Crippen LogP contribution in [0, 0.1) is 6.92 Å². The van der Waals surface area contributed by atoms with Crippen molar-refractivity contribution in [2.75, 3.05) is 5.43 Å². The molecule has 0 aliphatic rings. The highest BCUT2D eigenvalue weighted by Crippen LogP contribution is 2.29.